The number of nitrogens with zero attached hydrogens (tertiary/aromatic N) is 2. The van der Waals surface area contributed by atoms with Crippen LogP contribution in [0, 0.1) is 6.92 Å². The van der Waals surface area contributed by atoms with Gasteiger partial charge in [0.1, 0.15) is 6.29 Å². The van der Waals surface area contributed by atoms with E-state index in [0.29, 0.717) is 6.42 Å². The highest BCUT2D eigenvalue weighted by molar-refractivity contribution is 5.94. The topological polar surface area (TPSA) is 33.2 Å². The van der Waals surface area contributed by atoms with Gasteiger partial charge in [-0.3, -0.25) is 4.98 Å². The number of hydrogen-bond acceptors (Lipinski definition) is 3. The molecule has 0 saturated carbocycles. The van der Waals surface area contributed by atoms with Crippen LogP contribution in [-0.2, 0) is 11.2 Å². The first kappa shape index (κ1) is 16.8. The molecule has 4 rings (SSSR count). The first-order chi connectivity index (χ1) is 12.7. The summed E-state index contributed by atoms with van der Waals surface area (Å²) in [5, 5.41) is 1.24. The molecule has 3 nitrogen and oxygen atoms in total. The molecule has 0 unspecified atom stereocenters. The van der Waals surface area contributed by atoms with Crippen LogP contribution in [0.15, 0.2) is 48.5 Å². The maximum Gasteiger partial charge on any atom is 0.124 e. The lowest BCUT2D eigenvalue weighted by molar-refractivity contribution is -0.107. The number of carbonyl (C=O) groups excluding carboxylic acids is 1. The van der Waals surface area contributed by atoms with Gasteiger partial charge in [-0.05, 0) is 55.0 Å². The quantitative estimate of drug-likeness (QED) is 0.628. The third kappa shape index (κ3) is 3.34. The van der Waals surface area contributed by atoms with Gasteiger partial charge in [-0.2, -0.15) is 0 Å². The standard InChI is InChI=1S/C23H24N2O/c1-17-15-23(25-12-3-2-4-13-25)21-10-9-20(16-22(21)24-17)19-7-5-18(6-8-19)11-14-26/h5-10,14-16H,2-4,11-13H2,1H3. The molecule has 2 heterocycles. The Morgan fingerprint density at radius 2 is 1.69 bits per heavy atom. The highest BCUT2D eigenvalue weighted by atomic mass is 16.1. The summed E-state index contributed by atoms with van der Waals surface area (Å²) in [5.74, 6) is 0. The van der Waals surface area contributed by atoms with Gasteiger partial charge in [0, 0.05) is 36.3 Å². The number of piperidine rings is 1. The van der Waals surface area contributed by atoms with Crippen molar-refractivity contribution in [3.05, 3.63) is 59.8 Å². The Hall–Kier alpha value is -2.68. The van der Waals surface area contributed by atoms with Crippen molar-refractivity contribution in [3.63, 3.8) is 0 Å². The highest BCUT2D eigenvalue weighted by Gasteiger charge is 2.15. The normalized spacial score (nSPS) is 14.6. The van der Waals surface area contributed by atoms with Gasteiger partial charge in [0.25, 0.3) is 0 Å². The predicted octanol–water partition coefficient (Wildman–Crippen LogP) is 4.94. The third-order valence-corrected chi connectivity index (χ3v) is 5.22. The highest BCUT2D eigenvalue weighted by Crippen LogP contribution is 2.32. The summed E-state index contributed by atoms with van der Waals surface area (Å²) in [6.07, 6.45) is 5.29. The summed E-state index contributed by atoms with van der Waals surface area (Å²) >= 11 is 0. The van der Waals surface area contributed by atoms with Crippen LogP contribution < -0.4 is 4.90 Å². The number of benzene rings is 2. The van der Waals surface area contributed by atoms with Gasteiger partial charge in [0.05, 0.1) is 5.52 Å². The minimum absolute atomic E-state index is 0.470. The Bertz CT molecular complexity index is 925. The number of anilines is 1. The van der Waals surface area contributed by atoms with E-state index in [9.17, 15) is 4.79 Å². The maximum atomic E-state index is 10.7. The van der Waals surface area contributed by atoms with E-state index in [1.807, 2.05) is 12.1 Å². The fraction of sp³-hybridized carbons (Fsp3) is 0.304. The number of aromatic nitrogens is 1. The van der Waals surface area contributed by atoms with Crippen LogP contribution in [0.25, 0.3) is 22.0 Å². The van der Waals surface area contributed by atoms with E-state index in [0.717, 1.165) is 47.3 Å². The minimum atomic E-state index is 0.470. The van der Waals surface area contributed by atoms with E-state index in [-0.39, 0.29) is 0 Å². The van der Waals surface area contributed by atoms with E-state index in [1.54, 1.807) is 0 Å². The van der Waals surface area contributed by atoms with Gasteiger partial charge in [-0.25, -0.2) is 0 Å². The van der Waals surface area contributed by atoms with Gasteiger partial charge in [-0.1, -0.05) is 36.4 Å². The lowest BCUT2D eigenvalue weighted by Crippen LogP contribution is -2.29. The van der Waals surface area contributed by atoms with Crippen molar-refractivity contribution in [1.29, 1.82) is 0 Å². The van der Waals surface area contributed by atoms with Crippen molar-refractivity contribution in [1.82, 2.24) is 4.98 Å². The van der Waals surface area contributed by atoms with Gasteiger partial charge in [0.15, 0.2) is 0 Å². The summed E-state index contributed by atoms with van der Waals surface area (Å²) in [6, 6.07) is 17.0. The molecule has 0 amide bonds. The fourth-order valence-electron chi connectivity index (χ4n) is 3.84. The van der Waals surface area contributed by atoms with Crippen molar-refractivity contribution in [2.45, 2.75) is 32.6 Å². The monoisotopic (exact) mass is 344 g/mol. The van der Waals surface area contributed by atoms with Crippen LogP contribution in [0.3, 0.4) is 0 Å². The molecule has 26 heavy (non-hydrogen) atoms. The summed E-state index contributed by atoms with van der Waals surface area (Å²) < 4.78 is 0. The number of aldehydes is 1. The van der Waals surface area contributed by atoms with Gasteiger partial charge in [-0.15, -0.1) is 0 Å². The van der Waals surface area contributed by atoms with Gasteiger partial charge >= 0.3 is 0 Å². The Kier molecular flexibility index (Phi) is 4.70. The van der Waals surface area contributed by atoms with Crippen LogP contribution >= 0.6 is 0 Å². The fourth-order valence-corrected chi connectivity index (χ4v) is 3.84. The average molecular weight is 344 g/mol. The van der Waals surface area contributed by atoms with E-state index < -0.39 is 0 Å². The molecule has 2 aromatic carbocycles. The molecule has 0 atom stereocenters. The van der Waals surface area contributed by atoms with Crippen molar-refractivity contribution >= 4 is 22.9 Å². The maximum absolute atomic E-state index is 10.7. The number of hydrogen-bond donors (Lipinski definition) is 0. The second kappa shape index (κ2) is 7.28. The lowest BCUT2D eigenvalue weighted by atomic mass is 10.00. The van der Waals surface area contributed by atoms with E-state index in [2.05, 4.69) is 48.2 Å². The summed E-state index contributed by atoms with van der Waals surface area (Å²) in [5.41, 5.74) is 6.81. The second-order valence-electron chi connectivity index (χ2n) is 7.13. The van der Waals surface area contributed by atoms with Gasteiger partial charge < -0.3 is 9.69 Å². The zero-order valence-electron chi connectivity index (χ0n) is 15.2. The Balaban J connectivity index is 1.73. The number of aryl methyl sites for hydroxylation is 1. The molecule has 0 bridgehead atoms. The Labute approximate surface area is 154 Å². The molecular formula is C23H24N2O. The Morgan fingerprint density at radius 1 is 0.962 bits per heavy atom. The SMILES string of the molecule is Cc1cc(N2CCCCC2)c2ccc(-c3ccc(CC=O)cc3)cc2n1. The number of pyridine rings is 1. The zero-order valence-corrected chi connectivity index (χ0v) is 15.2. The minimum Gasteiger partial charge on any atom is -0.371 e. The second-order valence-corrected chi connectivity index (χ2v) is 7.13. The molecule has 1 saturated heterocycles. The van der Waals surface area contributed by atoms with E-state index in [1.165, 1.54) is 30.3 Å². The van der Waals surface area contributed by atoms with E-state index >= 15 is 0 Å². The number of fused-ring (bicyclic) bond motifs is 1. The molecule has 3 aromatic rings. The lowest BCUT2D eigenvalue weighted by Gasteiger charge is -2.30. The Morgan fingerprint density at radius 3 is 2.42 bits per heavy atom. The molecule has 132 valence electrons. The molecule has 1 aliphatic rings. The average Bonchev–Trinajstić information content (AvgIpc) is 2.68. The molecule has 0 aliphatic carbocycles. The summed E-state index contributed by atoms with van der Waals surface area (Å²) in [4.78, 5) is 18.0. The van der Waals surface area contributed by atoms with Crippen molar-refractivity contribution in [2.75, 3.05) is 18.0 Å². The van der Waals surface area contributed by atoms with Crippen LogP contribution in [0.1, 0.15) is 30.5 Å². The molecule has 1 fully saturated rings. The van der Waals surface area contributed by atoms with Crippen molar-refractivity contribution < 1.29 is 4.79 Å². The van der Waals surface area contributed by atoms with E-state index in [4.69, 9.17) is 4.98 Å². The predicted molar refractivity (Wildman–Crippen MR) is 108 cm³/mol. The van der Waals surface area contributed by atoms with Crippen LogP contribution in [-0.4, -0.2) is 24.4 Å². The largest absolute Gasteiger partial charge is 0.371 e. The number of carbonyl (C=O) groups is 1. The summed E-state index contributed by atoms with van der Waals surface area (Å²) in [7, 11) is 0. The molecule has 0 N–H and O–H groups in total. The van der Waals surface area contributed by atoms with Crippen LogP contribution in [0.5, 0.6) is 0 Å². The van der Waals surface area contributed by atoms with Crippen molar-refractivity contribution in [3.8, 4) is 11.1 Å². The third-order valence-electron chi connectivity index (χ3n) is 5.22. The molecule has 1 aromatic heterocycles. The molecular weight excluding hydrogens is 320 g/mol. The first-order valence-electron chi connectivity index (χ1n) is 9.44. The molecule has 0 spiro atoms. The number of rotatable bonds is 4. The molecule has 0 radical (unpaired) electrons. The molecule has 1 aliphatic heterocycles. The van der Waals surface area contributed by atoms with Gasteiger partial charge in [0.2, 0.25) is 0 Å². The van der Waals surface area contributed by atoms with Crippen molar-refractivity contribution in [2.24, 2.45) is 0 Å². The van der Waals surface area contributed by atoms with Crippen LogP contribution in [0.2, 0.25) is 0 Å². The molecule has 3 heteroatoms. The summed E-state index contributed by atoms with van der Waals surface area (Å²) in [6.45, 7) is 4.35. The first-order valence-corrected chi connectivity index (χ1v) is 9.44. The zero-order chi connectivity index (χ0) is 17.9. The smallest absolute Gasteiger partial charge is 0.124 e. The van der Waals surface area contributed by atoms with Crippen LogP contribution in [0.4, 0.5) is 5.69 Å².